The van der Waals surface area contributed by atoms with Crippen LogP contribution < -0.4 is 15.8 Å². The molecule has 0 spiro atoms. The molecule has 0 saturated carbocycles. The Morgan fingerprint density at radius 3 is 2.67 bits per heavy atom. The second-order valence-corrected chi connectivity index (χ2v) is 9.28. The molecule has 2 aromatic rings. The van der Waals surface area contributed by atoms with Gasteiger partial charge in [-0.15, -0.1) is 0 Å². The van der Waals surface area contributed by atoms with E-state index in [-0.39, 0.29) is 19.8 Å². The van der Waals surface area contributed by atoms with E-state index in [1.165, 1.54) is 17.8 Å². The van der Waals surface area contributed by atoms with Crippen LogP contribution in [0.2, 0.25) is 0 Å². The maximum absolute atomic E-state index is 13.6. The van der Waals surface area contributed by atoms with Crippen molar-refractivity contribution in [2.75, 3.05) is 26.8 Å². The van der Waals surface area contributed by atoms with E-state index in [9.17, 15) is 18.9 Å². The lowest BCUT2D eigenvalue weighted by Gasteiger charge is -2.27. The van der Waals surface area contributed by atoms with E-state index in [4.69, 9.17) is 18.5 Å². The van der Waals surface area contributed by atoms with Crippen LogP contribution in [0.4, 0.5) is 0 Å². The summed E-state index contributed by atoms with van der Waals surface area (Å²) < 4.78 is 38.0. The SMILES string of the molecule is CCOC(=O)CN(C)P(=O)(OC[C@@H]1C=C[C@H](n2cc(C)c(=O)[nH]c2=O)O1)Oc1ccccc1. The van der Waals surface area contributed by atoms with E-state index in [1.807, 2.05) is 0 Å². The molecule has 1 aliphatic heterocycles. The fraction of sp³-hybridized carbons (Fsp3) is 0.381. The minimum Gasteiger partial charge on any atom is -0.465 e. The number of aryl methyl sites for hydroxylation is 1. The van der Waals surface area contributed by atoms with Crippen molar-refractivity contribution in [1.82, 2.24) is 14.2 Å². The highest BCUT2D eigenvalue weighted by Gasteiger charge is 2.36. The first-order valence-corrected chi connectivity index (χ1v) is 11.7. The quantitative estimate of drug-likeness (QED) is 0.309. The van der Waals surface area contributed by atoms with Gasteiger partial charge in [0.25, 0.3) is 5.56 Å². The number of esters is 1. The van der Waals surface area contributed by atoms with Gasteiger partial charge in [-0.1, -0.05) is 24.3 Å². The Balaban J connectivity index is 1.70. The Morgan fingerprint density at radius 1 is 1.24 bits per heavy atom. The third-order valence-corrected chi connectivity index (χ3v) is 6.57. The van der Waals surface area contributed by atoms with Crippen molar-refractivity contribution in [2.24, 2.45) is 0 Å². The molecule has 0 radical (unpaired) electrons. The molecule has 1 aromatic heterocycles. The van der Waals surface area contributed by atoms with Gasteiger partial charge in [-0.05, 0) is 39.1 Å². The predicted molar refractivity (Wildman–Crippen MR) is 119 cm³/mol. The van der Waals surface area contributed by atoms with Crippen LogP contribution in [0.25, 0.3) is 0 Å². The van der Waals surface area contributed by atoms with Crippen molar-refractivity contribution in [3.05, 3.63) is 75.1 Å². The van der Waals surface area contributed by atoms with Gasteiger partial charge in [0.05, 0.1) is 13.2 Å². The van der Waals surface area contributed by atoms with Gasteiger partial charge in [-0.25, -0.2) is 9.36 Å². The largest absolute Gasteiger partial charge is 0.465 e. The average molecular weight is 479 g/mol. The molecule has 0 aliphatic carbocycles. The van der Waals surface area contributed by atoms with E-state index >= 15 is 0 Å². The number of carbonyl (C=O) groups excluding carboxylic acids is 1. The molecular weight excluding hydrogens is 453 g/mol. The highest BCUT2D eigenvalue weighted by Crippen LogP contribution is 2.51. The maximum atomic E-state index is 13.6. The molecule has 33 heavy (non-hydrogen) atoms. The predicted octanol–water partition coefficient (Wildman–Crippen LogP) is 2.00. The summed E-state index contributed by atoms with van der Waals surface area (Å²) in [4.78, 5) is 37.8. The Morgan fingerprint density at radius 2 is 1.97 bits per heavy atom. The van der Waals surface area contributed by atoms with Gasteiger partial charge in [-0.2, -0.15) is 4.67 Å². The zero-order chi connectivity index (χ0) is 24.0. The molecule has 0 amide bonds. The minimum absolute atomic E-state index is 0.179. The number of likely N-dealkylation sites (N-methyl/N-ethyl adjacent to an activating group) is 1. The highest BCUT2D eigenvalue weighted by molar-refractivity contribution is 7.51. The van der Waals surface area contributed by atoms with Crippen LogP contribution in [0.1, 0.15) is 18.7 Å². The summed E-state index contributed by atoms with van der Waals surface area (Å²) in [5, 5.41) is 0. The normalized spacial score (nSPS) is 19.4. The number of carbonyl (C=O) groups is 1. The first-order valence-electron chi connectivity index (χ1n) is 10.2. The van der Waals surface area contributed by atoms with Gasteiger partial charge in [-0.3, -0.25) is 23.7 Å². The number of benzene rings is 1. The number of rotatable bonds is 10. The molecule has 0 saturated heterocycles. The molecule has 3 rings (SSSR count). The number of hydrogen-bond acceptors (Lipinski definition) is 8. The van der Waals surface area contributed by atoms with Crippen LogP contribution in [0.15, 0.2) is 58.3 Å². The van der Waals surface area contributed by atoms with Crippen LogP contribution in [0, 0.1) is 6.92 Å². The molecule has 12 heteroatoms. The summed E-state index contributed by atoms with van der Waals surface area (Å²) >= 11 is 0. The first kappa shape index (κ1) is 24.7. The standard InChI is InChI=1S/C21H26N3O8P/c1-4-29-19(25)13-23(3)33(28,32-16-8-6-5-7-9-16)30-14-17-10-11-18(31-17)24-12-15(2)20(26)22-21(24)27/h5-12,17-18H,4,13-14H2,1-3H3,(H,22,26,27)/t17-,18+,33?/m0/s1. The molecule has 0 bridgehead atoms. The molecule has 1 aromatic carbocycles. The number of nitrogens with zero attached hydrogens (tertiary/aromatic N) is 2. The first-order chi connectivity index (χ1) is 15.7. The molecule has 3 atom stereocenters. The second kappa shape index (κ2) is 10.8. The Bertz CT molecular complexity index is 1160. The van der Waals surface area contributed by atoms with Crippen LogP contribution in [0.5, 0.6) is 5.75 Å². The van der Waals surface area contributed by atoms with E-state index in [1.54, 1.807) is 56.3 Å². The lowest BCUT2D eigenvalue weighted by Crippen LogP contribution is -2.34. The lowest BCUT2D eigenvalue weighted by molar-refractivity contribution is -0.143. The number of aromatic amines is 1. The van der Waals surface area contributed by atoms with Gasteiger partial charge in [0.2, 0.25) is 0 Å². The van der Waals surface area contributed by atoms with Crippen LogP contribution >= 0.6 is 7.75 Å². The molecular formula is C21H26N3O8P. The molecule has 0 fully saturated rings. The van der Waals surface area contributed by atoms with E-state index in [0.29, 0.717) is 11.3 Å². The minimum atomic E-state index is -3.98. The summed E-state index contributed by atoms with van der Waals surface area (Å²) in [7, 11) is -2.55. The molecule has 11 nitrogen and oxygen atoms in total. The number of para-hydroxylation sites is 1. The number of aromatic nitrogens is 2. The third kappa shape index (κ3) is 6.29. The smallest absolute Gasteiger partial charge is 0.461 e. The molecule has 2 heterocycles. The van der Waals surface area contributed by atoms with Crippen molar-refractivity contribution in [3.8, 4) is 5.75 Å². The average Bonchev–Trinajstić information content (AvgIpc) is 3.24. The third-order valence-electron chi connectivity index (χ3n) is 4.67. The van der Waals surface area contributed by atoms with Crippen molar-refractivity contribution >= 4 is 13.7 Å². The maximum Gasteiger partial charge on any atom is 0.461 e. The van der Waals surface area contributed by atoms with E-state index in [2.05, 4.69) is 4.98 Å². The number of hydrogen-bond donors (Lipinski definition) is 1. The van der Waals surface area contributed by atoms with Crippen LogP contribution in [-0.4, -0.2) is 53.1 Å². The highest BCUT2D eigenvalue weighted by atomic mass is 31.2. The number of H-pyrrole nitrogens is 1. The summed E-state index contributed by atoms with van der Waals surface area (Å²) in [5.41, 5.74) is -0.733. The van der Waals surface area contributed by atoms with Crippen molar-refractivity contribution in [2.45, 2.75) is 26.2 Å². The Hall–Kier alpha value is -2.98. The van der Waals surface area contributed by atoms with Gasteiger partial charge in [0, 0.05) is 11.8 Å². The van der Waals surface area contributed by atoms with E-state index in [0.717, 1.165) is 4.67 Å². The topological polar surface area (TPSA) is 129 Å². The van der Waals surface area contributed by atoms with Crippen molar-refractivity contribution < 1.29 is 27.9 Å². The fourth-order valence-electron chi connectivity index (χ4n) is 2.97. The molecule has 1 unspecified atom stereocenters. The van der Waals surface area contributed by atoms with Crippen molar-refractivity contribution in [3.63, 3.8) is 0 Å². The Kier molecular flexibility index (Phi) is 8.04. The molecule has 178 valence electrons. The summed E-state index contributed by atoms with van der Waals surface area (Å²) in [6.45, 7) is 2.94. The summed E-state index contributed by atoms with van der Waals surface area (Å²) in [5.74, 6) is -0.280. The van der Waals surface area contributed by atoms with Crippen LogP contribution in [0.3, 0.4) is 0 Å². The number of nitrogens with one attached hydrogen (secondary N) is 1. The Labute approximate surface area is 190 Å². The van der Waals surface area contributed by atoms with Gasteiger partial charge >= 0.3 is 19.4 Å². The van der Waals surface area contributed by atoms with E-state index < -0.39 is 37.3 Å². The monoisotopic (exact) mass is 479 g/mol. The van der Waals surface area contributed by atoms with Gasteiger partial charge in [0.15, 0.2) is 6.23 Å². The van der Waals surface area contributed by atoms with Crippen LogP contribution in [-0.2, 0) is 23.4 Å². The summed E-state index contributed by atoms with van der Waals surface area (Å²) in [6.07, 6.45) is 3.25. The van der Waals surface area contributed by atoms with Gasteiger partial charge < -0.3 is 14.0 Å². The zero-order valence-corrected chi connectivity index (χ0v) is 19.4. The zero-order valence-electron chi connectivity index (χ0n) is 18.5. The molecule has 1 aliphatic rings. The molecule has 1 N–H and O–H groups in total. The number of ether oxygens (including phenoxy) is 2. The second-order valence-electron chi connectivity index (χ2n) is 7.22. The van der Waals surface area contributed by atoms with Crippen molar-refractivity contribution in [1.29, 1.82) is 0 Å². The fourth-order valence-corrected chi connectivity index (χ4v) is 4.38. The lowest BCUT2D eigenvalue weighted by atomic mass is 10.3. The summed E-state index contributed by atoms with van der Waals surface area (Å²) in [6, 6.07) is 8.42. The van der Waals surface area contributed by atoms with Gasteiger partial charge in [0.1, 0.15) is 18.4 Å².